The van der Waals surface area contributed by atoms with Crippen molar-refractivity contribution in [3.63, 3.8) is 0 Å². The molecule has 0 heterocycles. The molecule has 0 bridgehead atoms. The maximum Gasteiger partial charge on any atom is 0.223 e. The predicted octanol–water partition coefficient (Wildman–Crippen LogP) is 3.84. The number of primary amides is 1. The molecule has 1 aromatic carbocycles. The van der Waals surface area contributed by atoms with Gasteiger partial charge >= 0.3 is 0 Å². The topological polar surface area (TPSA) is 52.3 Å². The van der Waals surface area contributed by atoms with Crippen LogP contribution in [0.2, 0.25) is 0 Å². The number of hydrogen-bond donors (Lipinski definition) is 1. The highest BCUT2D eigenvalue weighted by Crippen LogP contribution is 2.25. The molecule has 0 saturated heterocycles. The van der Waals surface area contributed by atoms with Crippen LogP contribution < -0.4 is 10.5 Å². The zero-order valence-electron chi connectivity index (χ0n) is 13.2. The van der Waals surface area contributed by atoms with Gasteiger partial charge in [-0.25, -0.2) is 0 Å². The van der Waals surface area contributed by atoms with Gasteiger partial charge in [-0.3, -0.25) is 4.79 Å². The summed E-state index contributed by atoms with van der Waals surface area (Å²) >= 11 is 0. The Labute approximate surface area is 127 Å². The van der Waals surface area contributed by atoms with E-state index in [1.807, 2.05) is 26.0 Å². The summed E-state index contributed by atoms with van der Waals surface area (Å²) in [6.45, 7) is 3.80. The van der Waals surface area contributed by atoms with Gasteiger partial charge in [-0.2, -0.15) is 0 Å². The van der Waals surface area contributed by atoms with Gasteiger partial charge in [0.15, 0.2) is 0 Å². The normalized spacial score (nSPS) is 16.7. The number of aryl methyl sites for hydroxylation is 1. The van der Waals surface area contributed by atoms with Crippen molar-refractivity contribution in [2.24, 2.45) is 11.1 Å². The Balaban J connectivity index is 1.85. The van der Waals surface area contributed by atoms with Crippen LogP contribution in [0.25, 0.3) is 0 Å². The van der Waals surface area contributed by atoms with Gasteiger partial charge in [0.2, 0.25) is 5.91 Å². The van der Waals surface area contributed by atoms with E-state index in [1.165, 1.54) is 37.7 Å². The number of rotatable bonds is 6. The van der Waals surface area contributed by atoms with Gasteiger partial charge < -0.3 is 10.5 Å². The molecular formula is C18H27NO2. The number of carbonyl (C=O) groups excluding carboxylic acids is 1. The molecule has 0 radical (unpaired) electrons. The molecule has 0 aliphatic heterocycles. The average molecular weight is 289 g/mol. The third-order valence-electron chi connectivity index (χ3n) is 4.48. The standard InChI is InChI=1S/C18H27NO2/c1-18(2,17(19)20)13-12-14-8-10-16(11-9-14)21-15-6-4-3-5-7-15/h8-11,15H,3-7,12-13H2,1-2H3,(H2,19,20). The largest absolute Gasteiger partial charge is 0.490 e. The molecule has 1 amide bonds. The van der Waals surface area contributed by atoms with Crippen molar-refractivity contribution >= 4 is 5.91 Å². The third kappa shape index (κ3) is 4.76. The van der Waals surface area contributed by atoms with E-state index in [4.69, 9.17) is 10.5 Å². The summed E-state index contributed by atoms with van der Waals surface area (Å²) in [5.74, 6) is 0.722. The van der Waals surface area contributed by atoms with Crippen molar-refractivity contribution in [3.05, 3.63) is 29.8 Å². The summed E-state index contributed by atoms with van der Waals surface area (Å²) < 4.78 is 6.02. The van der Waals surface area contributed by atoms with E-state index in [0.717, 1.165) is 18.6 Å². The highest BCUT2D eigenvalue weighted by Gasteiger charge is 2.24. The van der Waals surface area contributed by atoms with Crippen molar-refractivity contribution < 1.29 is 9.53 Å². The zero-order valence-corrected chi connectivity index (χ0v) is 13.2. The molecule has 1 aliphatic rings. The highest BCUT2D eigenvalue weighted by molar-refractivity contribution is 5.79. The molecule has 1 saturated carbocycles. The molecule has 1 aliphatic carbocycles. The minimum Gasteiger partial charge on any atom is -0.490 e. The first-order valence-corrected chi connectivity index (χ1v) is 8.03. The number of benzene rings is 1. The van der Waals surface area contributed by atoms with Crippen molar-refractivity contribution in [2.45, 2.75) is 64.9 Å². The molecule has 0 unspecified atom stereocenters. The van der Waals surface area contributed by atoms with Gasteiger partial charge in [0.1, 0.15) is 5.75 Å². The first-order valence-electron chi connectivity index (χ1n) is 8.03. The van der Waals surface area contributed by atoms with Crippen molar-refractivity contribution in [1.82, 2.24) is 0 Å². The van der Waals surface area contributed by atoms with Crippen LogP contribution in [-0.4, -0.2) is 12.0 Å². The summed E-state index contributed by atoms with van der Waals surface area (Å²) in [7, 11) is 0. The fourth-order valence-corrected chi connectivity index (χ4v) is 2.69. The van der Waals surface area contributed by atoms with Crippen LogP contribution in [0.4, 0.5) is 0 Å². The summed E-state index contributed by atoms with van der Waals surface area (Å²) in [6.07, 6.45) is 8.27. The van der Waals surface area contributed by atoms with Crippen LogP contribution in [0, 0.1) is 5.41 Å². The molecule has 0 spiro atoms. The van der Waals surface area contributed by atoms with Gasteiger partial charge in [0, 0.05) is 5.41 Å². The van der Waals surface area contributed by atoms with E-state index in [1.54, 1.807) is 0 Å². The monoisotopic (exact) mass is 289 g/mol. The van der Waals surface area contributed by atoms with Crippen LogP contribution in [0.1, 0.15) is 57.9 Å². The molecule has 21 heavy (non-hydrogen) atoms. The predicted molar refractivity (Wildman–Crippen MR) is 85.2 cm³/mol. The third-order valence-corrected chi connectivity index (χ3v) is 4.48. The van der Waals surface area contributed by atoms with E-state index in [2.05, 4.69) is 12.1 Å². The van der Waals surface area contributed by atoms with Gasteiger partial charge in [-0.05, 0) is 56.2 Å². The Bertz CT molecular complexity index is 459. The van der Waals surface area contributed by atoms with E-state index < -0.39 is 5.41 Å². The zero-order chi connectivity index (χ0) is 15.3. The van der Waals surface area contributed by atoms with Crippen LogP contribution in [0.15, 0.2) is 24.3 Å². The summed E-state index contributed by atoms with van der Waals surface area (Å²) in [5, 5.41) is 0. The minimum atomic E-state index is -0.447. The maximum atomic E-state index is 11.3. The number of ether oxygens (including phenoxy) is 1. The Kier molecular flexibility index (Phi) is 5.27. The van der Waals surface area contributed by atoms with Crippen molar-refractivity contribution in [1.29, 1.82) is 0 Å². The quantitative estimate of drug-likeness (QED) is 0.865. The molecule has 116 valence electrons. The molecule has 0 aromatic heterocycles. The SMILES string of the molecule is CC(C)(CCc1ccc(OC2CCCCC2)cc1)C(N)=O. The van der Waals surface area contributed by atoms with E-state index in [-0.39, 0.29) is 5.91 Å². The molecule has 3 nitrogen and oxygen atoms in total. The molecule has 1 aromatic rings. The molecule has 2 N–H and O–H groups in total. The lowest BCUT2D eigenvalue weighted by molar-refractivity contribution is -0.126. The Morgan fingerprint density at radius 1 is 1.19 bits per heavy atom. The second-order valence-corrected chi connectivity index (χ2v) is 6.77. The van der Waals surface area contributed by atoms with Gasteiger partial charge in [0.05, 0.1) is 6.10 Å². The smallest absolute Gasteiger partial charge is 0.223 e. The second kappa shape index (κ2) is 6.97. The van der Waals surface area contributed by atoms with Gasteiger partial charge in [0.25, 0.3) is 0 Å². The van der Waals surface area contributed by atoms with E-state index >= 15 is 0 Å². The fourth-order valence-electron chi connectivity index (χ4n) is 2.69. The summed E-state index contributed by atoms with van der Waals surface area (Å²) in [4.78, 5) is 11.3. The number of hydrogen-bond acceptors (Lipinski definition) is 2. The van der Waals surface area contributed by atoms with Crippen LogP contribution in [-0.2, 0) is 11.2 Å². The van der Waals surface area contributed by atoms with Gasteiger partial charge in [-0.15, -0.1) is 0 Å². The highest BCUT2D eigenvalue weighted by atomic mass is 16.5. The fraction of sp³-hybridized carbons (Fsp3) is 0.611. The average Bonchev–Trinajstić information content (AvgIpc) is 2.47. The van der Waals surface area contributed by atoms with E-state index in [0.29, 0.717) is 6.10 Å². The van der Waals surface area contributed by atoms with Crippen molar-refractivity contribution in [2.75, 3.05) is 0 Å². The van der Waals surface area contributed by atoms with E-state index in [9.17, 15) is 4.79 Å². The van der Waals surface area contributed by atoms with Crippen LogP contribution >= 0.6 is 0 Å². The Morgan fingerprint density at radius 2 is 1.81 bits per heavy atom. The first kappa shape index (κ1) is 15.9. The lowest BCUT2D eigenvalue weighted by Gasteiger charge is -2.23. The minimum absolute atomic E-state index is 0.236. The molecule has 1 fully saturated rings. The molecular weight excluding hydrogens is 262 g/mol. The molecule has 3 heteroatoms. The number of nitrogens with two attached hydrogens (primary N) is 1. The second-order valence-electron chi connectivity index (χ2n) is 6.77. The first-order chi connectivity index (χ1) is 9.97. The summed E-state index contributed by atoms with van der Waals surface area (Å²) in [6, 6.07) is 8.27. The van der Waals surface area contributed by atoms with Crippen LogP contribution in [0.3, 0.4) is 0 Å². The number of amides is 1. The lowest BCUT2D eigenvalue weighted by atomic mass is 9.85. The maximum absolute atomic E-state index is 11.3. The van der Waals surface area contributed by atoms with Crippen molar-refractivity contribution in [3.8, 4) is 5.75 Å². The Morgan fingerprint density at radius 3 is 2.38 bits per heavy atom. The van der Waals surface area contributed by atoms with Gasteiger partial charge in [-0.1, -0.05) is 32.4 Å². The lowest BCUT2D eigenvalue weighted by Crippen LogP contribution is -2.31. The number of carbonyl (C=O) groups is 1. The molecule has 2 rings (SSSR count). The summed E-state index contributed by atoms with van der Waals surface area (Å²) in [5.41, 5.74) is 6.18. The Hall–Kier alpha value is -1.51. The molecule has 0 atom stereocenters. The van der Waals surface area contributed by atoms with Crippen LogP contribution in [0.5, 0.6) is 5.75 Å².